The molecule has 0 spiro atoms. The second-order valence-corrected chi connectivity index (χ2v) is 7.95. The first kappa shape index (κ1) is 21.7. The van der Waals surface area contributed by atoms with Gasteiger partial charge in [0.05, 0.1) is 6.54 Å². The van der Waals surface area contributed by atoms with Crippen molar-refractivity contribution in [2.24, 2.45) is 0 Å². The van der Waals surface area contributed by atoms with Crippen LogP contribution in [0.5, 0.6) is 0 Å². The highest BCUT2D eigenvalue weighted by Crippen LogP contribution is 2.11. The van der Waals surface area contributed by atoms with E-state index in [0.717, 1.165) is 6.54 Å². The van der Waals surface area contributed by atoms with Gasteiger partial charge in [0.1, 0.15) is 18.9 Å². The molecule has 0 atom stereocenters. The maximum absolute atomic E-state index is 2.53. The van der Waals surface area contributed by atoms with Crippen molar-refractivity contribution in [3.63, 3.8) is 0 Å². The van der Waals surface area contributed by atoms with Crippen molar-refractivity contribution in [3.8, 4) is 0 Å². The molecule has 0 fully saturated rings. The van der Waals surface area contributed by atoms with Crippen LogP contribution in [0.4, 0.5) is 0 Å². The average molecular weight is 370 g/mol. The van der Waals surface area contributed by atoms with E-state index >= 15 is 0 Å². The maximum atomic E-state index is 2.53. The van der Waals surface area contributed by atoms with E-state index in [1.807, 2.05) is 0 Å². The summed E-state index contributed by atoms with van der Waals surface area (Å²) in [5, 5.41) is 0. The highest BCUT2D eigenvalue weighted by molar-refractivity contribution is 5.15. The third-order valence-corrected chi connectivity index (χ3v) is 5.54. The monoisotopic (exact) mass is 369 g/mol. The van der Waals surface area contributed by atoms with Gasteiger partial charge in [0.15, 0.2) is 0 Å². The first-order chi connectivity index (χ1) is 13.3. The van der Waals surface area contributed by atoms with E-state index in [1.165, 1.54) is 95.0 Å². The predicted molar refractivity (Wildman–Crippen MR) is 116 cm³/mol. The first-order valence-corrected chi connectivity index (χ1v) is 11.5. The molecule has 0 saturated heterocycles. The van der Waals surface area contributed by atoms with E-state index in [1.54, 1.807) is 0 Å². The van der Waals surface area contributed by atoms with Crippen LogP contribution in [0.2, 0.25) is 0 Å². The molecule has 2 nitrogen and oxygen atoms in total. The molecule has 27 heavy (non-hydrogen) atoms. The van der Waals surface area contributed by atoms with Crippen molar-refractivity contribution in [2.75, 3.05) is 0 Å². The fourth-order valence-electron chi connectivity index (χ4n) is 3.86. The number of aryl methyl sites for hydroxylation is 1. The smallest absolute Gasteiger partial charge is 0.234 e. The van der Waals surface area contributed by atoms with Gasteiger partial charge in [-0.1, -0.05) is 95.5 Å². The summed E-state index contributed by atoms with van der Waals surface area (Å²) in [6.07, 6.45) is 20.8. The summed E-state index contributed by atoms with van der Waals surface area (Å²) in [4.78, 5) is 0. The van der Waals surface area contributed by atoms with Crippen molar-refractivity contribution >= 4 is 0 Å². The zero-order valence-electron chi connectivity index (χ0n) is 17.8. The molecular weight excluding hydrogens is 328 g/mol. The maximum Gasteiger partial charge on any atom is 0.256 e. The number of aromatic nitrogens is 2. The molecule has 0 radical (unpaired) electrons. The SMILES string of the molecule is CCCCCCCCc1n(Cc2ccccc2)cc[n+]1CCCCCCC. The van der Waals surface area contributed by atoms with E-state index in [4.69, 9.17) is 0 Å². The summed E-state index contributed by atoms with van der Waals surface area (Å²) >= 11 is 0. The molecule has 1 aromatic carbocycles. The molecule has 0 saturated carbocycles. The van der Waals surface area contributed by atoms with Gasteiger partial charge in [-0.25, -0.2) is 9.13 Å². The Bertz CT molecular complexity index is 600. The van der Waals surface area contributed by atoms with Crippen molar-refractivity contribution in [3.05, 3.63) is 54.1 Å². The summed E-state index contributed by atoms with van der Waals surface area (Å²) in [5.74, 6) is 1.52. The molecule has 0 aliphatic carbocycles. The highest BCUT2D eigenvalue weighted by atomic mass is 15.1. The molecule has 0 bridgehead atoms. The lowest BCUT2D eigenvalue weighted by Crippen LogP contribution is -2.37. The number of nitrogens with zero attached hydrogens (tertiary/aromatic N) is 2. The summed E-state index contributed by atoms with van der Waals surface area (Å²) in [6.45, 7) is 6.75. The number of benzene rings is 1. The Morgan fingerprint density at radius 2 is 1.37 bits per heavy atom. The quantitative estimate of drug-likeness (QED) is 0.244. The van der Waals surface area contributed by atoms with Crippen LogP contribution in [0, 0.1) is 0 Å². The van der Waals surface area contributed by atoms with Crippen LogP contribution in [0.3, 0.4) is 0 Å². The molecule has 0 aliphatic heterocycles. The Morgan fingerprint density at radius 1 is 0.741 bits per heavy atom. The van der Waals surface area contributed by atoms with Crippen LogP contribution in [0.1, 0.15) is 95.9 Å². The number of rotatable bonds is 15. The van der Waals surface area contributed by atoms with Gasteiger partial charge < -0.3 is 0 Å². The van der Waals surface area contributed by atoms with Crippen molar-refractivity contribution < 1.29 is 4.57 Å². The summed E-state index contributed by atoms with van der Waals surface area (Å²) in [7, 11) is 0. The molecule has 2 rings (SSSR count). The van der Waals surface area contributed by atoms with Gasteiger partial charge in [-0.15, -0.1) is 0 Å². The molecule has 1 heterocycles. The minimum absolute atomic E-state index is 0.995. The van der Waals surface area contributed by atoms with E-state index in [0.29, 0.717) is 0 Å². The summed E-state index contributed by atoms with van der Waals surface area (Å²) in [6, 6.07) is 10.9. The third-order valence-electron chi connectivity index (χ3n) is 5.54. The van der Waals surface area contributed by atoms with E-state index in [-0.39, 0.29) is 0 Å². The molecule has 0 amide bonds. The van der Waals surface area contributed by atoms with Gasteiger partial charge in [-0.3, -0.25) is 0 Å². The normalized spacial score (nSPS) is 11.2. The Kier molecular flexibility index (Phi) is 10.9. The minimum Gasteiger partial charge on any atom is -0.234 e. The zero-order chi connectivity index (χ0) is 19.2. The van der Waals surface area contributed by atoms with Gasteiger partial charge in [-0.05, 0) is 24.8 Å². The van der Waals surface area contributed by atoms with E-state index in [2.05, 4.69) is 65.7 Å². The van der Waals surface area contributed by atoms with Crippen LogP contribution in [0.25, 0.3) is 0 Å². The van der Waals surface area contributed by atoms with Crippen LogP contribution in [-0.4, -0.2) is 4.57 Å². The first-order valence-electron chi connectivity index (χ1n) is 11.5. The molecular formula is C25H41N2+. The number of hydrogen-bond acceptors (Lipinski definition) is 0. The van der Waals surface area contributed by atoms with Gasteiger partial charge in [0.25, 0.3) is 5.82 Å². The largest absolute Gasteiger partial charge is 0.256 e. The fraction of sp³-hybridized carbons (Fsp3) is 0.640. The number of unbranched alkanes of at least 4 members (excludes halogenated alkanes) is 9. The second kappa shape index (κ2) is 13.6. The summed E-state index contributed by atoms with van der Waals surface area (Å²) in [5.41, 5.74) is 1.40. The van der Waals surface area contributed by atoms with Crippen LogP contribution in [-0.2, 0) is 19.5 Å². The Morgan fingerprint density at radius 3 is 2.07 bits per heavy atom. The topological polar surface area (TPSA) is 8.81 Å². The molecule has 150 valence electrons. The Hall–Kier alpha value is -1.57. The van der Waals surface area contributed by atoms with Gasteiger partial charge in [0.2, 0.25) is 0 Å². The molecule has 1 aromatic heterocycles. The van der Waals surface area contributed by atoms with E-state index < -0.39 is 0 Å². The third kappa shape index (κ3) is 8.32. The molecule has 0 aliphatic rings. The van der Waals surface area contributed by atoms with E-state index in [9.17, 15) is 0 Å². The van der Waals surface area contributed by atoms with Crippen LogP contribution < -0.4 is 4.57 Å². The van der Waals surface area contributed by atoms with Gasteiger partial charge in [-0.2, -0.15) is 0 Å². The fourth-order valence-corrected chi connectivity index (χ4v) is 3.86. The van der Waals surface area contributed by atoms with Gasteiger partial charge in [0, 0.05) is 6.42 Å². The number of hydrogen-bond donors (Lipinski definition) is 0. The second-order valence-electron chi connectivity index (χ2n) is 7.95. The lowest BCUT2D eigenvalue weighted by atomic mass is 10.1. The van der Waals surface area contributed by atoms with Gasteiger partial charge >= 0.3 is 0 Å². The Balaban J connectivity index is 1.93. The van der Waals surface area contributed by atoms with Crippen LogP contribution in [0.15, 0.2) is 42.7 Å². The number of imidazole rings is 1. The molecule has 0 unspecified atom stereocenters. The highest BCUT2D eigenvalue weighted by Gasteiger charge is 2.16. The zero-order valence-corrected chi connectivity index (χ0v) is 17.8. The summed E-state index contributed by atoms with van der Waals surface area (Å²) < 4.78 is 5.01. The molecule has 0 N–H and O–H groups in total. The van der Waals surface area contributed by atoms with Crippen LogP contribution >= 0.6 is 0 Å². The van der Waals surface area contributed by atoms with Crippen molar-refractivity contribution in [1.29, 1.82) is 0 Å². The Labute approximate surface area is 167 Å². The predicted octanol–water partition coefficient (Wildman–Crippen LogP) is 6.70. The lowest BCUT2D eigenvalue weighted by molar-refractivity contribution is -0.704. The van der Waals surface area contributed by atoms with Crippen molar-refractivity contribution in [2.45, 2.75) is 104 Å². The molecule has 2 aromatic rings. The minimum atomic E-state index is 0.995. The standard InChI is InChI=1S/C25H41N2/c1-3-5-7-9-10-15-19-25-26(20-16-11-8-6-4-2)21-22-27(25)23-24-17-13-12-14-18-24/h12-14,17-18,21-22H,3-11,15-16,19-20,23H2,1-2H3/q+1. The molecule has 2 heteroatoms. The average Bonchev–Trinajstić information content (AvgIpc) is 3.07. The van der Waals surface area contributed by atoms with Crippen molar-refractivity contribution in [1.82, 2.24) is 4.57 Å². The lowest BCUT2D eigenvalue weighted by Gasteiger charge is -2.06.